The molecule has 2 aromatic rings. The van der Waals surface area contributed by atoms with Crippen molar-refractivity contribution in [1.82, 2.24) is 0 Å². The number of hydrogen-bond donors (Lipinski definition) is 1. The number of benzene rings is 2. The van der Waals surface area contributed by atoms with Crippen molar-refractivity contribution in [3.8, 4) is 11.1 Å². The first-order valence-corrected chi connectivity index (χ1v) is 7.20. The summed E-state index contributed by atoms with van der Waals surface area (Å²) < 4.78 is 0. The van der Waals surface area contributed by atoms with Crippen LogP contribution in [-0.4, -0.2) is 11.1 Å². The Morgan fingerprint density at radius 2 is 1.81 bits per heavy atom. The van der Waals surface area contributed by atoms with Crippen molar-refractivity contribution in [2.45, 2.75) is 13.8 Å². The highest BCUT2D eigenvalue weighted by Gasteiger charge is 2.28. The van der Waals surface area contributed by atoms with Gasteiger partial charge in [0.2, 0.25) is 0 Å². The molecule has 0 spiro atoms. The van der Waals surface area contributed by atoms with E-state index in [0.717, 1.165) is 33.4 Å². The molecule has 21 heavy (non-hydrogen) atoms. The third kappa shape index (κ3) is 2.15. The maximum absolute atomic E-state index is 11.2. The summed E-state index contributed by atoms with van der Waals surface area (Å²) in [6.45, 7) is 3.98. The van der Waals surface area contributed by atoms with Gasteiger partial charge in [0.1, 0.15) is 0 Å². The molecule has 106 valence electrons. The van der Waals surface area contributed by atoms with E-state index in [1.54, 1.807) is 6.07 Å². The smallest absolute Gasteiger partial charge is 0.328 e. The van der Waals surface area contributed by atoms with E-state index in [9.17, 15) is 4.79 Å². The van der Waals surface area contributed by atoms with E-state index in [0.29, 0.717) is 15.6 Å². The van der Waals surface area contributed by atoms with E-state index < -0.39 is 5.97 Å². The molecule has 0 heterocycles. The number of aryl methyl sites for hydroxylation is 2. The first-order valence-electron chi connectivity index (χ1n) is 6.45. The summed E-state index contributed by atoms with van der Waals surface area (Å²) in [5.74, 6) is -0.977. The van der Waals surface area contributed by atoms with Crippen molar-refractivity contribution in [3.05, 3.63) is 62.6 Å². The second kappa shape index (κ2) is 4.90. The van der Waals surface area contributed by atoms with Crippen LogP contribution in [0.5, 0.6) is 0 Å². The van der Waals surface area contributed by atoms with E-state index in [2.05, 4.69) is 0 Å². The Morgan fingerprint density at radius 3 is 2.48 bits per heavy atom. The second-order valence-corrected chi connectivity index (χ2v) is 5.97. The molecule has 0 bridgehead atoms. The fourth-order valence-corrected chi connectivity index (χ4v) is 3.39. The molecular weight excluding hydrogens is 307 g/mol. The van der Waals surface area contributed by atoms with Crippen LogP contribution in [0.25, 0.3) is 16.7 Å². The summed E-state index contributed by atoms with van der Waals surface area (Å²) in [6.07, 6.45) is 1.23. The number of hydrogen-bond acceptors (Lipinski definition) is 1. The predicted molar refractivity (Wildman–Crippen MR) is 86.1 cm³/mol. The van der Waals surface area contributed by atoms with Crippen LogP contribution in [0.3, 0.4) is 0 Å². The van der Waals surface area contributed by atoms with Crippen LogP contribution >= 0.6 is 23.2 Å². The highest BCUT2D eigenvalue weighted by atomic mass is 35.5. The zero-order chi connectivity index (χ0) is 15.3. The molecule has 0 unspecified atom stereocenters. The van der Waals surface area contributed by atoms with Gasteiger partial charge in [-0.3, -0.25) is 0 Å². The maximum atomic E-state index is 11.2. The lowest BCUT2D eigenvalue weighted by Crippen LogP contribution is -1.93. The molecule has 0 aliphatic heterocycles. The van der Waals surface area contributed by atoms with E-state index in [4.69, 9.17) is 28.3 Å². The van der Waals surface area contributed by atoms with Crippen LogP contribution in [0.4, 0.5) is 0 Å². The molecule has 0 aromatic heterocycles. The lowest BCUT2D eigenvalue weighted by molar-refractivity contribution is -0.131. The minimum absolute atomic E-state index is 0.467. The van der Waals surface area contributed by atoms with Gasteiger partial charge in [-0.15, -0.1) is 0 Å². The van der Waals surface area contributed by atoms with Crippen molar-refractivity contribution >= 4 is 34.7 Å². The second-order valence-electron chi connectivity index (χ2n) is 5.18. The fraction of sp³-hybridized carbons (Fsp3) is 0.118. The molecule has 3 rings (SSSR count). The molecule has 0 saturated carbocycles. The average molecular weight is 319 g/mol. The van der Waals surface area contributed by atoms with Gasteiger partial charge < -0.3 is 5.11 Å². The Morgan fingerprint density at radius 1 is 1.10 bits per heavy atom. The molecule has 0 radical (unpaired) electrons. The van der Waals surface area contributed by atoms with Gasteiger partial charge in [-0.25, -0.2) is 4.79 Å². The molecule has 0 saturated heterocycles. The largest absolute Gasteiger partial charge is 0.478 e. The standard InChI is InChI=1S/C17H12Cl2O2/c1-8-5-9(2)15-11(7-14(20)21)10-3-4-13(18)17(19)16(10)12(15)6-8/h3-7H,1-2H3,(H,20,21)/b11-7-. The topological polar surface area (TPSA) is 37.3 Å². The van der Waals surface area contributed by atoms with Crippen LogP contribution in [0.15, 0.2) is 30.3 Å². The van der Waals surface area contributed by atoms with Gasteiger partial charge in [-0.05, 0) is 47.7 Å². The van der Waals surface area contributed by atoms with Crippen LogP contribution in [-0.2, 0) is 4.79 Å². The summed E-state index contributed by atoms with van der Waals surface area (Å²) in [7, 11) is 0. The van der Waals surface area contributed by atoms with E-state index >= 15 is 0 Å². The van der Waals surface area contributed by atoms with Crippen molar-refractivity contribution in [3.63, 3.8) is 0 Å². The fourth-order valence-electron chi connectivity index (χ4n) is 2.97. The Balaban J connectivity index is 2.47. The number of rotatable bonds is 1. The number of carbonyl (C=O) groups is 1. The minimum atomic E-state index is -0.977. The molecule has 2 aromatic carbocycles. The molecule has 4 heteroatoms. The molecule has 0 fully saturated rings. The molecule has 0 amide bonds. The first-order chi connectivity index (χ1) is 9.90. The summed E-state index contributed by atoms with van der Waals surface area (Å²) in [5.41, 5.74) is 6.31. The highest BCUT2D eigenvalue weighted by Crippen LogP contribution is 2.50. The number of halogens is 2. The molecule has 1 aliphatic carbocycles. The number of carboxylic acid groups (broad SMARTS) is 1. The molecular formula is C17H12Cl2O2. The SMILES string of the molecule is Cc1cc(C)c2c(c1)-c1c(ccc(Cl)c1Cl)/C2=C/C(=O)O. The van der Waals surface area contributed by atoms with Gasteiger partial charge in [0, 0.05) is 11.6 Å². The Labute approximate surface area is 132 Å². The molecule has 1 N–H and O–H groups in total. The van der Waals surface area contributed by atoms with Gasteiger partial charge in [0.05, 0.1) is 10.0 Å². The van der Waals surface area contributed by atoms with E-state index in [1.807, 2.05) is 32.0 Å². The minimum Gasteiger partial charge on any atom is -0.478 e. The van der Waals surface area contributed by atoms with Crippen molar-refractivity contribution in [2.24, 2.45) is 0 Å². The first kappa shape index (κ1) is 14.2. The number of carboxylic acids is 1. The quantitative estimate of drug-likeness (QED) is 0.633. The summed E-state index contributed by atoms with van der Waals surface area (Å²) in [5, 5.41) is 10.1. The summed E-state index contributed by atoms with van der Waals surface area (Å²) in [4.78, 5) is 11.2. The number of fused-ring (bicyclic) bond motifs is 3. The van der Waals surface area contributed by atoms with Gasteiger partial charge in [-0.2, -0.15) is 0 Å². The van der Waals surface area contributed by atoms with E-state index in [1.165, 1.54) is 6.08 Å². The Kier molecular flexibility index (Phi) is 3.31. The third-order valence-electron chi connectivity index (χ3n) is 3.67. The monoisotopic (exact) mass is 318 g/mol. The lowest BCUT2D eigenvalue weighted by Gasteiger charge is -2.08. The molecule has 0 atom stereocenters. The van der Waals surface area contributed by atoms with Crippen LogP contribution in [0.2, 0.25) is 10.0 Å². The van der Waals surface area contributed by atoms with Gasteiger partial charge in [-0.1, -0.05) is 47.0 Å². The normalized spacial score (nSPS) is 14.2. The predicted octanol–water partition coefficient (Wildman–Crippen LogP) is 5.11. The zero-order valence-electron chi connectivity index (χ0n) is 11.5. The van der Waals surface area contributed by atoms with Crippen molar-refractivity contribution < 1.29 is 9.90 Å². The maximum Gasteiger partial charge on any atom is 0.328 e. The Bertz CT molecular complexity index is 820. The van der Waals surface area contributed by atoms with Gasteiger partial charge in [0.25, 0.3) is 0 Å². The molecule has 1 aliphatic rings. The summed E-state index contributed by atoms with van der Waals surface area (Å²) in [6, 6.07) is 7.58. The van der Waals surface area contributed by atoms with Crippen molar-refractivity contribution in [2.75, 3.05) is 0 Å². The third-order valence-corrected chi connectivity index (χ3v) is 4.48. The number of aliphatic carboxylic acids is 1. The van der Waals surface area contributed by atoms with Crippen LogP contribution in [0, 0.1) is 13.8 Å². The van der Waals surface area contributed by atoms with Gasteiger partial charge >= 0.3 is 5.97 Å². The Hall–Kier alpha value is -1.77. The average Bonchev–Trinajstić information content (AvgIpc) is 2.68. The van der Waals surface area contributed by atoms with Gasteiger partial charge in [0.15, 0.2) is 0 Å². The van der Waals surface area contributed by atoms with Crippen LogP contribution < -0.4 is 0 Å². The van der Waals surface area contributed by atoms with E-state index in [-0.39, 0.29) is 0 Å². The zero-order valence-corrected chi connectivity index (χ0v) is 13.0. The highest BCUT2D eigenvalue weighted by molar-refractivity contribution is 6.44. The van der Waals surface area contributed by atoms with Crippen molar-refractivity contribution in [1.29, 1.82) is 0 Å². The lowest BCUT2D eigenvalue weighted by atomic mass is 9.97. The van der Waals surface area contributed by atoms with Crippen LogP contribution in [0.1, 0.15) is 22.3 Å². The molecule has 2 nitrogen and oxygen atoms in total. The summed E-state index contributed by atoms with van der Waals surface area (Å²) >= 11 is 12.5.